The van der Waals surface area contributed by atoms with Crippen molar-refractivity contribution in [2.45, 2.75) is 12.5 Å². The van der Waals surface area contributed by atoms with E-state index in [0.717, 1.165) is 6.26 Å². The second-order valence-electron chi connectivity index (χ2n) is 3.49. The van der Waals surface area contributed by atoms with Crippen molar-refractivity contribution in [3.05, 3.63) is 0 Å². The number of carboxylic acid groups (broad SMARTS) is 1. The number of aliphatic hydroxyl groups excluding tert-OH is 1. The fourth-order valence-corrected chi connectivity index (χ4v) is 1.46. The maximum absolute atomic E-state index is 11.1. The van der Waals surface area contributed by atoms with Gasteiger partial charge in [0.05, 0.1) is 12.9 Å². The lowest BCUT2D eigenvalue weighted by molar-refractivity contribution is -0.140. The summed E-state index contributed by atoms with van der Waals surface area (Å²) in [6.45, 7) is -0.369. The van der Waals surface area contributed by atoms with Gasteiger partial charge in [0.15, 0.2) is 6.04 Å². The van der Waals surface area contributed by atoms with Crippen LogP contribution >= 0.6 is 0 Å². The molecule has 0 aliphatic carbocycles. The van der Waals surface area contributed by atoms with Crippen molar-refractivity contribution in [2.75, 3.05) is 26.0 Å². The molecule has 0 unspecified atom stereocenters. The lowest BCUT2D eigenvalue weighted by atomic mass is 10.3. The number of hydrogen-bond donors (Lipinski definition) is 5. The van der Waals surface area contributed by atoms with Gasteiger partial charge in [-0.15, -0.1) is 0 Å². The predicted molar refractivity (Wildman–Crippen MR) is 62.5 cm³/mol. The number of nitrogens with one attached hydrogen (secondary N) is 3. The summed E-state index contributed by atoms with van der Waals surface area (Å²) in [5.41, 5.74) is 0. The molecule has 0 aromatic heterocycles. The van der Waals surface area contributed by atoms with Crippen LogP contribution in [0, 0.1) is 0 Å². The highest BCUT2D eigenvalue weighted by Gasteiger charge is 2.17. The molecule has 2 amide bonds. The van der Waals surface area contributed by atoms with Crippen LogP contribution in [0.2, 0.25) is 0 Å². The number of carbonyl (C=O) groups is 2. The lowest BCUT2D eigenvalue weighted by Crippen LogP contribution is -2.48. The minimum absolute atomic E-state index is 0.168. The van der Waals surface area contributed by atoms with E-state index in [9.17, 15) is 18.0 Å². The summed E-state index contributed by atoms with van der Waals surface area (Å²) in [5.74, 6) is -1.34. The smallest absolute Gasteiger partial charge is 0.328 e. The molecule has 0 aromatic rings. The van der Waals surface area contributed by atoms with E-state index in [2.05, 4.69) is 10.0 Å². The van der Waals surface area contributed by atoms with Crippen molar-refractivity contribution in [2.24, 2.45) is 0 Å². The van der Waals surface area contributed by atoms with Crippen LogP contribution in [0.4, 0.5) is 4.79 Å². The molecule has 0 bridgehead atoms. The van der Waals surface area contributed by atoms with Gasteiger partial charge >= 0.3 is 12.0 Å². The van der Waals surface area contributed by atoms with Crippen molar-refractivity contribution in [1.82, 2.24) is 15.4 Å². The zero-order chi connectivity index (χ0) is 14.2. The van der Waals surface area contributed by atoms with Gasteiger partial charge < -0.3 is 20.8 Å². The second-order valence-corrected chi connectivity index (χ2v) is 5.33. The zero-order valence-electron chi connectivity index (χ0n) is 9.84. The molecule has 0 fully saturated rings. The van der Waals surface area contributed by atoms with E-state index in [1.165, 1.54) is 0 Å². The Balaban J connectivity index is 3.75. The average molecular weight is 283 g/mol. The van der Waals surface area contributed by atoms with Gasteiger partial charge in [0.25, 0.3) is 0 Å². The van der Waals surface area contributed by atoms with E-state index in [1.54, 1.807) is 0 Å². The van der Waals surface area contributed by atoms with E-state index >= 15 is 0 Å². The third-order valence-corrected chi connectivity index (χ3v) is 2.52. The third kappa shape index (κ3) is 8.73. The maximum atomic E-state index is 11.1. The highest BCUT2D eigenvalue weighted by Crippen LogP contribution is 1.83. The number of aliphatic carboxylic acids is 1. The standard InChI is InChI=1S/C8H17N3O6S/c1-18(16,17)10-4-2-3-9-8(15)11-6(5-12)7(13)14/h6,10,12H,2-5H2,1H3,(H,13,14)(H2,9,11,15)/t6-/m1/s1. The minimum atomic E-state index is -3.25. The monoisotopic (exact) mass is 283 g/mol. The lowest BCUT2D eigenvalue weighted by Gasteiger charge is -2.12. The molecule has 1 atom stereocenters. The first kappa shape index (κ1) is 16.6. The summed E-state index contributed by atoms with van der Waals surface area (Å²) in [6.07, 6.45) is 1.38. The summed E-state index contributed by atoms with van der Waals surface area (Å²) in [4.78, 5) is 21.6. The van der Waals surface area contributed by atoms with Crippen LogP contribution < -0.4 is 15.4 Å². The molecule has 0 rings (SSSR count). The molecule has 0 aliphatic heterocycles. The van der Waals surface area contributed by atoms with E-state index in [0.29, 0.717) is 6.42 Å². The van der Waals surface area contributed by atoms with Crippen LogP contribution in [0.1, 0.15) is 6.42 Å². The Bertz CT molecular complexity index is 382. The molecule has 0 spiro atoms. The third-order valence-electron chi connectivity index (χ3n) is 1.79. The predicted octanol–water partition coefficient (Wildman–Crippen LogP) is -2.33. The molecule has 10 heteroatoms. The Kier molecular flexibility index (Phi) is 7.24. The number of hydrogen-bond acceptors (Lipinski definition) is 5. The maximum Gasteiger partial charge on any atom is 0.328 e. The number of sulfonamides is 1. The van der Waals surface area contributed by atoms with Crippen molar-refractivity contribution in [3.8, 4) is 0 Å². The first-order valence-electron chi connectivity index (χ1n) is 5.09. The fourth-order valence-electron chi connectivity index (χ4n) is 0.943. The van der Waals surface area contributed by atoms with Crippen LogP contribution in [0.25, 0.3) is 0 Å². The molecule has 0 radical (unpaired) electrons. The molecular formula is C8H17N3O6S. The summed E-state index contributed by atoms with van der Waals surface area (Å²) >= 11 is 0. The molecule has 9 nitrogen and oxygen atoms in total. The number of aliphatic hydroxyl groups is 1. The van der Waals surface area contributed by atoms with Gasteiger partial charge in [-0.1, -0.05) is 0 Å². The highest BCUT2D eigenvalue weighted by atomic mass is 32.2. The van der Waals surface area contributed by atoms with Crippen LogP contribution in [-0.4, -0.2) is 62.6 Å². The number of urea groups is 1. The Labute approximate surface area is 105 Å². The average Bonchev–Trinajstić information content (AvgIpc) is 2.23. The number of carboxylic acids is 1. The molecule has 0 heterocycles. The largest absolute Gasteiger partial charge is 0.480 e. The Morgan fingerprint density at radius 3 is 2.33 bits per heavy atom. The van der Waals surface area contributed by atoms with Crippen LogP contribution in [0.15, 0.2) is 0 Å². The molecule has 18 heavy (non-hydrogen) atoms. The zero-order valence-corrected chi connectivity index (χ0v) is 10.7. The fraction of sp³-hybridized carbons (Fsp3) is 0.750. The first-order valence-corrected chi connectivity index (χ1v) is 6.98. The molecule has 5 N–H and O–H groups in total. The van der Waals surface area contributed by atoms with Gasteiger partial charge in [-0.2, -0.15) is 0 Å². The van der Waals surface area contributed by atoms with Gasteiger partial charge in [0.1, 0.15) is 0 Å². The van der Waals surface area contributed by atoms with E-state index in [-0.39, 0.29) is 13.1 Å². The van der Waals surface area contributed by atoms with Crippen LogP contribution in [0.3, 0.4) is 0 Å². The van der Waals surface area contributed by atoms with Gasteiger partial charge in [0.2, 0.25) is 10.0 Å². The van der Waals surface area contributed by atoms with Crippen molar-refractivity contribution in [1.29, 1.82) is 0 Å². The molecule has 0 saturated heterocycles. The van der Waals surface area contributed by atoms with E-state index in [4.69, 9.17) is 10.2 Å². The van der Waals surface area contributed by atoms with Gasteiger partial charge in [-0.05, 0) is 6.42 Å². The van der Waals surface area contributed by atoms with E-state index in [1.807, 2.05) is 5.32 Å². The van der Waals surface area contributed by atoms with Crippen molar-refractivity contribution >= 4 is 22.0 Å². The molecule has 0 aliphatic rings. The first-order chi connectivity index (χ1) is 8.26. The summed E-state index contributed by atoms with van der Waals surface area (Å²) in [5, 5.41) is 21.6. The normalized spacial score (nSPS) is 12.8. The number of carbonyl (C=O) groups excluding carboxylic acids is 1. The quantitative estimate of drug-likeness (QED) is 0.316. The Morgan fingerprint density at radius 2 is 1.89 bits per heavy atom. The summed E-state index contributed by atoms with van der Waals surface area (Å²) in [6, 6.07) is -2.10. The Morgan fingerprint density at radius 1 is 1.28 bits per heavy atom. The summed E-state index contributed by atoms with van der Waals surface area (Å²) in [7, 11) is -3.25. The number of rotatable bonds is 8. The second kappa shape index (κ2) is 7.84. The number of amides is 2. The molecule has 0 saturated carbocycles. The summed E-state index contributed by atoms with van der Waals surface area (Å²) < 4.78 is 23.6. The van der Waals surface area contributed by atoms with Gasteiger partial charge in [0, 0.05) is 13.1 Å². The Hall–Kier alpha value is -1.39. The molecule has 106 valence electrons. The minimum Gasteiger partial charge on any atom is -0.480 e. The van der Waals surface area contributed by atoms with Gasteiger partial charge in [-0.25, -0.2) is 22.7 Å². The SMILES string of the molecule is CS(=O)(=O)NCCCNC(=O)N[C@H](CO)C(=O)O. The molecular weight excluding hydrogens is 266 g/mol. The van der Waals surface area contributed by atoms with Crippen molar-refractivity contribution < 1.29 is 28.2 Å². The highest BCUT2D eigenvalue weighted by molar-refractivity contribution is 7.88. The molecule has 0 aromatic carbocycles. The van der Waals surface area contributed by atoms with Crippen molar-refractivity contribution in [3.63, 3.8) is 0 Å². The van der Waals surface area contributed by atoms with Gasteiger partial charge in [-0.3, -0.25) is 0 Å². The van der Waals surface area contributed by atoms with Crippen LogP contribution in [0.5, 0.6) is 0 Å². The van der Waals surface area contributed by atoms with E-state index < -0.39 is 34.7 Å². The van der Waals surface area contributed by atoms with Crippen LogP contribution in [-0.2, 0) is 14.8 Å². The topological polar surface area (TPSA) is 145 Å².